The predicted molar refractivity (Wildman–Crippen MR) is 73.5 cm³/mol. The van der Waals surface area contributed by atoms with Crippen LogP contribution in [0.15, 0.2) is 36.7 Å². The summed E-state index contributed by atoms with van der Waals surface area (Å²) in [7, 11) is 0. The van der Waals surface area contributed by atoms with Crippen LogP contribution in [0.3, 0.4) is 0 Å². The van der Waals surface area contributed by atoms with E-state index in [1.54, 1.807) is 0 Å². The highest BCUT2D eigenvalue weighted by molar-refractivity contribution is 5.61. The van der Waals surface area contributed by atoms with Crippen molar-refractivity contribution in [3.05, 3.63) is 42.2 Å². The van der Waals surface area contributed by atoms with Gasteiger partial charge >= 0.3 is 0 Å². The molecule has 0 bridgehead atoms. The summed E-state index contributed by atoms with van der Waals surface area (Å²) in [6.07, 6.45) is 6.61. The lowest BCUT2D eigenvalue weighted by Gasteiger charge is -2.22. The van der Waals surface area contributed by atoms with Crippen LogP contribution in [0, 0.1) is 6.92 Å². The number of rotatable bonds is 2. The average molecular weight is 241 g/mol. The Morgan fingerprint density at radius 3 is 2.78 bits per heavy atom. The highest BCUT2D eigenvalue weighted by Gasteiger charge is 2.15. The van der Waals surface area contributed by atoms with E-state index in [-0.39, 0.29) is 0 Å². The van der Waals surface area contributed by atoms with Gasteiger partial charge in [-0.3, -0.25) is 4.68 Å². The third-order valence-corrected chi connectivity index (χ3v) is 3.63. The van der Waals surface area contributed by atoms with E-state index in [0.29, 0.717) is 6.04 Å². The van der Waals surface area contributed by atoms with Crippen molar-refractivity contribution in [2.75, 3.05) is 13.1 Å². The number of benzene rings is 1. The molecule has 2 aromatic rings. The monoisotopic (exact) mass is 241 g/mol. The van der Waals surface area contributed by atoms with E-state index in [1.165, 1.54) is 29.5 Å². The minimum absolute atomic E-state index is 0.512. The van der Waals surface area contributed by atoms with Gasteiger partial charge in [0.25, 0.3) is 0 Å². The number of nitrogens with zero attached hydrogens (tertiary/aromatic N) is 2. The minimum atomic E-state index is 0.512. The summed E-state index contributed by atoms with van der Waals surface area (Å²) in [5, 5.41) is 7.94. The zero-order chi connectivity index (χ0) is 12.4. The summed E-state index contributed by atoms with van der Waals surface area (Å²) in [6.45, 7) is 4.29. The standard InChI is InChI=1S/C15H19N3/c1-12-4-6-13(7-5-12)14-9-17-18(11-14)15-3-2-8-16-10-15/h4-7,9,11,15-16H,2-3,8,10H2,1H3. The van der Waals surface area contributed by atoms with Gasteiger partial charge in [0.05, 0.1) is 12.2 Å². The Balaban J connectivity index is 1.82. The van der Waals surface area contributed by atoms with Crippen molar-refractivity contribution in [1.82, 2.24) is 15.1 Å². The maximum absolute atomic E-state index is 4.52. The zero-order valence-electron chi connectivity index (χ0n) is 10.8. The van der Waals surface area contributed by atoms with E-state index in [9.17, 15) is 0 Å². The van der Waals surface area contributed by atoms with Crippen LogP contribution in [0.5, 0.6) is 0 Å². The molecule has 2 heterocycles. The van der Waals surface area contributed by atoms with Gasteiger partial charge in [0.15, 0.2) is 0 Å². The topological polar surface area (TPSA) is 29.9 Å². The van der Waals surface area contributed by atoms with Gasteiger partial charge in [-0.2, -0.15) is 5.10 Å². The van der Waals surface area contributed by atoms with Crippen LogP contribution < -0.4 is 5.32 Å². The van der Waals surface area contributed by atoms with Gasteiger partial charge < -0.3 is 5.32 Å². The number of nitrogens with one attached hydrogen (secondary N) is 1. The first-order chi connectivity index (χ1) is 8.83. The molecule has 1 fully saturated rings. The van der Waals surface area contributed by atoms with Crippen molar-refractivity contribution in [1.29, 1.82) is 0 Å². The van der Waals surface area contributed by atoms with Crippen molar-refractivity contribution in [3.63, 3.8) is 0 Å². The molecule has 1 aromatic heterocycles. The Morgan fingerprint density at radius 2 is 2.06 bits per heavy atom. The Morgan fingerprint density at radius 1 is 1.22 bits per heavy atom. The molecule has 3 heteroatoms. The van der Waals surface area contributed by atoms with Crippen LogP contribution >= 0.6 is 0 Å². The molecule has 1 N–H and O–H groups in total. The molecule has 1 atom stereocenters. The molecule has 0 spiro atoms. The van der Waals surface area contributed by atoms with E-state index >= 15 is 0 Å². The molecule has 0 aliphatic carbocycles. The Bertz CT molecular complexity index is 507. The lowest BCUT2D eigenvalue weighted by Crippen LogP contribution is -2.31. The van der Waals surface area contributed by atoms with E-state index in [1.807, 2.05) is 6.20 Å². The van der Waals surface area contributed by atoms with Crippen molar-refractivity contribution in [2.45, 2.75) is 25.8 Å². The molecule has 0 amide bonds. The van der Waals surface area contributed by atoms with Crippen LogP contribution in [-0.2, 0) is 0 Å². The summed E-state index contributed by atoms with van der Waals surface area (Å²) >= 11 is 0. The Hall–Kier alpha value is -1.61. The normalized spacial score (nSPS) is 19.9. The fourth-order valence-corrected chi connectivity index (χ4v) is 2.49. The van der Waals surface area contributed by atoms with Gasteiger partial charge in [0.2, 0.25) is 0 Å². The van der Waals surface area contributed by atoms with Gasteiger partial charge in [0, 0.05) is 18.3 Å². The molecule has 94 valence electrons. The second kappa shape index (κ2) is 4.94. The van der Waals surface area contributed by atoms with Crippen molar-refractivity contribution >= 4 is 0 Å². The van der Waals surface area contributed by atoms with Crippen LogP contribution in [-0.4, -0.2) is 22.9 Å². The number of piperidine rings is 1. The Labute approximate surface area is 108 Å². The SMILES string of the molecule is Cc1ccc(-c2cnn(C3CCCNC3)c2)cc1. The van der Waals surface area contributed by atoms with Crippen molar-refractivity contribution in [3.8, 4) is 11.1 Å². The van der Waals surface area contributed by atoms with Gasteiger partial charge in [0.1, 0.15) is 0 Å². The van der Waals surface area contributed by atoms with Crippen LogP contribution in [0.2, 0.25) is 0 Å². The minimum Gasteiger partial charge on any atom is -0.315 e. The first kappa shape index (κ1) is 11.5. The molecule has 1 aliphatic heterocycles. The molecule has 18 heavy (non-hydrogen) atoms. The quantitative estimate of drug-likeness (QED) is 0.876. The van der Waals surface area contributed by atoms with Gasteiger partial charge in [-0.05, 0) is 31.9 Å². The summed E-state index contributed by atoms with van der Waals surface area (Å²) in [5.41, 5.74) is 3.75. The average Bonchev–Trinajstić information content (AvgIpc) is 2.90. The van der Waals surface area contributed by atoms with E-state index < -0.39 is 0 Å². The summed E-state index contributed by atoms with van der Waals surface area (Å²) in [5.74, 6) is 0. The number of hydrogen-bond acceptors (Lipinski definition) is 2. The maximum atomic E-state index is 4.52. The third-order valence-electron chi connectivity index (χ3n) is 3.63. The fourth-order valence-electron chi connectivity index (χ4n) is 2.49. The zero-order valence-corrected chi connectivity index (χ0v) is 10.8. The molecule has 0 radical (unpaired) electrons. The summed E-state index contributed by atoms with van der Waals surface area (Å²) in [6, 6.07) is 9.13. The molecular weight excluding hydrogens is 222 g/mol. The van der Waals surface area contributed by atoms with Gasteiger partial charge in [-0.15, -0.1) is 0 Å². The number of hydrogen-bond donors (Lipinski definition) is 1. The molecule has 3 rings (SSSR count). The van der Waals surface area contributed by atoms with E-state index in [0.717, 1.165) is 13.1 Å². The van der Waals surface area contributed by atoms with Gasteiger partial charge in [-0.1, -0.05) is 29.8 Å². The molecule has 1 unspecified atom stereocenters. The second-order valence-corrected chi connectivity index (χ2v) is 5.08. The molecule has 1 saturated heterocycles. The van der Waals surface area contributed by atoms with Crippen LogP contribution in [0.4, 0.5) is 0 Å². The first-order valence-corrected chi connectivity index (χ1v) is 6.65. The predicted octanol–water partition coefficient (Wildman–Crippen LogP) is 2.78. The van der Waals surface area contributed by atoms with Crippen LogP contribution in [0.1, 0.15) is 24.4 Å². The second-order valence-electron chi connectivity index (χ2n) is 5.08. The Kier molecular flexibility index (Phi) is 3.15. The van der Waals surface area contributed by atoms with Crippen molar-refractivity contribution in [2.24, 2.45) is 0 Å². The summed E-state index contributed by atoms with van der Waals surface area (Å²) < 4.78 is 2.11. The maximum Gasteiger partial charge on any atom is 0.0644 e. The van der Waals surface area contributed by atoms with Crippen molar-refractivity contribution < 1.29 is 0 Å². The fraction of sp³-hybridized carbons (Fsp3) is 0.400. The van der Waals surface area contributed by atoms with Crippen LogP contribution in [0.25, 0.3) is 11.1 Å². The lowest BCUT2D eigenvalue weighted by atomic mass is 10.1. The largest absolute Gasteiger partial charge is 0.315 e. The highest BCUT2D eigenvalue weighted by atomic mass is 15.3. The molecule has 0 saturated carbocycles. The first-order valence-electron chi connectivity index (χ1n) is 6.65. The third kappa shape index (κ3) is 2.31. The molecular formula is C15H19N3. The molecule has 3 nitrogen and oxygen atoms in total. The smallest absolute Gasteiger partial charge is 0.0644 e. The molecule has 1 aromatic carbocycles. The van der Waals surface area contributed by atoms with E-state index in [2.05, 4.69) is 52.5 Å². The lowest BCUT2D eigenvalue weighted by molar-refractivity contribution is 0.347. The summed E-state index contributed by atoms with van der Waals surface area (Å²) in [4.78, 5) is 0. The van der Waals surface area contributed by atoms with E-state index in [4.69, 9.17) is 0 Å². The number of aryl methyl sites for hydroxylation is 1. The number of aromatic nitrogens is 2. The molecule has 1 aliphatic rings. The van der Waals surface area contributed by atoms with Gasteiger partial charge in [-0.25, -0.2) is 0 Å². The highest BCUT2D eigenvalue weighted by Crippen LogP contribution is 2.22.